The Hall–Kier alpha value is -2.62. The van der Waals surface area contributed by atoms with Gasteiger partial charge in [-0.3, -0.25) is 4.79 Å². The summed E-state index contributed by atoms with van der Waals surface area (Å²) < 4.78 is 37.6. The van der Waals surface area contributed by atoms with Gasteiger partial charge in [-0.2, -0.15) is 13.2 Å². The molecule has 1 aromatic heterocycles. The van der Waals surface area contributed by atoms with Crippen LogP contribution in [0.3, 0.4) is 0 Å². The van der Waals surface area contributed by atoms with Gasteiger partial charge in [0.1, 0.15) is 5.52 Å². The van der Waals surface area contributed by atoms with Crippen molar-refractivity contribution in [3.05, 3.63) is 30.0 Å². The largest absolute Gasteiger partial charge is 0.493 e. The molecule has 3 heterocycles. The van der Waals surface area contributed by atoms with Gasteiger partial charge < -0.3 is 15.1 Å². The fraction of sp³-hybridized carbons (Fsp3) is 0.500. The molecule has 2 aromatic rings. The van der Waals surface area contributed by atoms with E-state index in [-0.39, 0.29) is 17.3 Å². The van der Waals surface area contributed by atoms with Crippen LogP contribution in [0.5, 0.6) is 0 Å². The average molecular weight is 396 g/mol. The van der Waals surface area contributed by atoms with Gasteiger partial charge in [-0.15, -0.1) is 5.10 Å². The number of fused-ring (bicyclic) bond motifs is 3. The molecule has 1 amide bonds. The number of hydrogen-bond acceptors (Lipinski definition) is 5. The number of carbonyl (C=O) groups excluding carboxylic acids is 2. The van der Waals surface area contributed by atoms with Gasteiger partial charge in [0, 0.05) is 23.5 Å². The van der Waals surface area contributed by atoms with Crippen molar-refractivity contribution in [3.8, 4) is 0 Å². The lowest BCUT2D eigenvalue weighted by Crippen LogP contribution is -2.48. The average Bonchev–Trinajstić information content (AvgIpc) is 3.07. The molecule has 2 aliphatic rings. The van der Waals surface area contributed by atoms with E-state index < -0.39 is 18.1 Å². The summed E-state index contributed by atoms with van der Waals surface area (Å²) in [6.45, 7) is 0. The molecule has 2 saturated heterocycles. The van der Waals surface area contributed by atoms with Crippen molar-refractivity contribution in [2.24, 2.45) is 0 Å². The molecule has 3 atom stereocenters. The highest BCUT2D eigenvalue weighted by Gasteiger charge is 2.43. The predicted molar refractivity (Wildman–Crippen MR) is 92.4 cm³/mol. The van der Waals surface area contributed by atoms with Crippen LogP contribution >= 0.6 is 0 Å². The van der Waals surface area contributed by atoms with Gasteiger partial charge in [0.15, 0.2) is 5.69 Å². The van der Waals surface area contributed by atoms with Crippen molar-refractivity contribution >= 4 is 22.8 Å². The van der Waals surface area contributed by atoms with Gasteiger partial charge in [0.25, 0.3) is 5.91 Å². The zero-order valence-corrected chi connectivity index (χ0v) is 15.1. The normalized spacial score (nSPS) is 25.1. The second-order valence-electron chi connectivity index (χ2n) is 7.31. The van der Waals surface area contributed by atoms with Crippen LogP contribution in [0.4, 0.5) is 13.2 Å². The predicted octanol–water partition coefficient (Wildman–Crippen LogP) is 1.91. The first-order chi connectivity index (χ1) is 13.2. The van der Waals surface area contributed by atoms with E-state index in [4.69, 9.17) is 0 Å². The van der Waals surface area contributed by atoms with E-state index >= 15 is 0 Å². The van der Waals surface area contributed by atoms with Crippen molar-refractivity contribution in [3.63, 3.8) is 0 Å². The molecule has 2 fully saturated rings. The Labute approximate surface area is 158 Å². The van der Waals surface area contributed by atoms with E-state index in [0.717, 1.165) is 25.7 Å². The molecule has 4 rings (SSSR count). The van der Waals surface area contributed by atoms with Gasteiger partial charge in [0.2, 0.25) is 0 Å². The van der Waals surface area contributed by atoms with Gasteiger partial charge in [-0.1, -0.05) is 23.0 Å². The second kappa shape index (κ2) is 6.77. The number of halogens is 3. The lowest BCUT2D eigenvalue weighted by atomic mass is 9.98. The van der Waals surface area contributed by atoms with Crippen molar-refractivity contribution < 1.29 is 27.6 Å². The molecule has 0 aliphatic carbocycles. The molecule has 0 saturated carbocycles. The lowest BCUT2D eigenvalue weighted by molar-refractivity contribution is -0.200. The third-order valence-corrected chi connectivity index (χ3v) is 5.61. The number of hydrogen-bond donors (Lipinski definition) is 1. The third kappa shape index (κ3) is 3.32. The summed E-state index contributed by atoms with van der Waals surface area (Å²) in [4.78, 5) is 31.1. The Morgan fingerprint density at radius 3 is 2.46 bits per heavy atom. The third-order valence-electron chi connectivity index (χ3n) is 5.61. The van der Waals surface area contributed by atoms with Gasteiger partial charge in [0.05, 0.1) is 0 Å². The lowest BCUT2D eigenvalue weighted by Gasteiger charge is -2.36. The number of aromatic nitrogens is 2. The summed E-state index contributed by atoms with van der Waals surface area (Å²) in [7, 11) is 2.09. The molecular weight excluding hydrogens is 377 g/mol. The molecule has 0 spiro atoms. The number of alkyl halides is 3. The van der Waals surface area contributed by atoms with Gasteiger partial charge in [-0.25, -0.2) is 4.79 Å². The fourth-order valence-corrected chi connectivity index (χ4v) is 4.19. The number of rotatable bonds is 3. The number of amides is 1. The molecule has 7 nitrogen and oxygen atoms in total. The summed E-state index contributed by atoms with van der Waals surface area (Å²) in [6.07, 6.45) is -1.33. The van der Waals surface area contributed by atoms with Gasteiger partial charge in [-0.05, 0) is 38.8 Å². The van der Waals surface area contributed by atoms with Gasteiger partial charge >= 0.3 is 12.1 Å². The zero-order chi connectivity index (χ0) is 20.1. The van der Waals surface area contributed by atoms with Crippen molar-refractivity contribution in [2.75, 3.05) is 7.05 Å². The summed E-state index contributed by atoms with van der Waals surface area (Å²) in [5, 5.41) is 7.08. The van der Waals surface area contributed by atoms with E-state index in [1.807, 2.05) is 0 Å². The summed E-state index contributed by atoms with van der Waals surface area (Å²) >= 11 is 0. The molecular formula is C18H19F3N4O3. The van der Waals surface area contributed by atoms with Crippen LogP contribution < -0.4 is 10.2 Å². The number of benzene rings is 1. The minimum atomic E-state index is -5.16. The highest BCUT2D eigenvalue weighted by Crippen LogP contribution is 2.34. The number of nitrogens with zero attached hydrogens (tertiary/aromatic N) is 3. The monoisotopic (exact) mass is 396 g/mol. The highest BCUT2D eigenvalue weighted by molar-refractivity contribution is 6.05. The molecule has 28 heavy (non-hydrogen) atoms. The minimum absolute atomic E-state index is 0.0252. The zero-order valence-electron chi connectivity index (χ0n) is 15.1. The van der Waals surface area contributed by atoms with E-state index in [2.05, 4.69) is 27.2 Å². The number of nitrogens with one attached hydrogen (secondary N) is 1. The first-order valence-corrected chi connectivity index (χ1v) is 9.04. The first-order valence-electron chi connectivity index (χ1n) is 9.04. The Morgan fingerprint density at radius 1 is 1.18 bits per heavy atom. The topological polar surface area (TPSA) is 76.5 Å². The van der Waals surface area contributed by atoms with Crippen molar-refractivity contribution in [2.45, 2.75) is 50.0 Å². The Balaban J connectivity index is 1.57. The van der Waals surface area contributed by atoms with Crippen LogP contribution in [0, 0.1) is 0 Å². The standard InChI is InChI=1S/C18H19F3N4O3/c1-24-11-6-7-12(24)9-10(8-11)22-16(26)15-13-4-2-3-5-14(13)25(23-15)28-17(27)18(19,20)21/h2-5,10-12H,6-9H2,1H3,(H,22,26)/t10?,11-,12+. The Morgan fingerprint density at radius 2 is 1.82 bits per heavy atom. The Bertz CT molecular complexity index is 912. The molecule has 10 heteroatoms. The molecule has 1 unspecified atom stereocenters. The summed E-state index contributed by atoms with van der Waals surface area (Å²) in [6, 6.07) is 6.98. The molecule has 2 aliphatic heterocycles. The Kier molecular flexibility index (Phi) is 4.53. The molecule has 1 N–H and O–H groups in total. The maximum atomic E-state index is 12.8. The van der Waals surface area contributed by atoms with Crippen LogP contribution in [0.15, 0.2) is 24.3 Å². The fourth-order valence-electron chi connectivity index (χ4n) is 4.19. The maximum Gasteiger partial charge on any atom is 0.493 e. The molecule has 0 radical (unpaired) electrons. The smallest absolute Gasteiger partial charge is 0.348 e. The summed E-state index contributed by atoms with van der Waals surface area (Å²) in [5.74, 6) is -2.90. The van der Waals surface area contributed by atoms with E-state index in [1.165, 1.54) is 6.07 Å². The van der Waals surface area contributed by atoms with Crippen LogP contribution in [-0.4, -0.2) is 58.1 Å². The van der Waals surface area contributed by atoms with Crippen LogP contribution in [0.25, 0.3) is 10.9 Å². The number of carbonyl (C=O) groups is 2. The molecule has 1 aromatic carbocycles. The summed E-state index contributed by atoms with van der Waals surface area (Å²) in [5.41, 5.74) is 0.0329. The first kappa shape index (κ1) is 18.7. The number of piperidine rings is 1. The molecule has 2 bridgehead atoms. The van der Waals surface area contributed by atoms with Crippen LogP contribution in [-0.2, 0) is 4.79 Å². The molecule has 150 valence electrons. The maximum absolute atomic E-state index is 12.8. The SMILES string of the molecule is CN1[C@@H]2CC[C@H]1CC(NC(=O)c1nn(OC(=O)C(F)(F)F)c3ccccc13)C2. The van der Waals surface area contributed by atoms with Crippen molar-refractivity contribution in [1.29, 1.82) is 0 Å². The highest BCUT2D eigenvalue weighted by atomic mass is 19.4. The van der Waals surface area contributed by atoms with Crippen LogP contribution in [0.1, 0.15) is 36.2 Å². The van der Waals surface area contributed by atoms with E-state index in [0.29, 0.717) is 22.3 Å². The quantitative estimate of drug-likeness (QED) is 0.858. The minimum Gasteiger partial charge on any atom is -0.348 e. The van der Waals surface area contributed by atoms with E-state index in [9.17, 15) is 22.8 Å². The van der Waals surface area contributed by atoms with E-state index in [1.54, 1.807) is 18.2 Å². The number of para-hydroxylation sites is 1. The second-order valence-corrected chi connectivity index (χ2v) is 7.31. The van der Waals surface area contributed by atoms with Crippen molar-refractivity contribution in [1.82, 2.24) is 20.2 Å². The van der Waals surface area contributed by atoms with Crippen LogP contribution in [0.2, 0.25) is 0 Å².